The van der Waals surface area contributed by atoms with E-state index in [1.165, 1.54) is 7.11 Å². The Balaban J connectivity index is 2.72. The van der Waals surface area contributed by atoms with Gasteiger partial charge in [0, 0.05) is 6.42 Å². The normalized spacial score (nSPS) is 10.5. The van der Waals surface area contributed by atoms with E-state index in [1.807, 2.05) is 0 Å². The Morgan fingerprint density at radius 2 is 2.26 bits per heavy atom. The molecule has 100 valence electrons. The lowest BCUT2D eigenvalue weighted by atomic mass is 10.0. The van der Waals surface area contributed by atoms with E-state index in [0.29, 0.717) is 28.5 Å². The molecule has 0 bridgehead atoms. The number of aromatic nitrogens is 1. The van der Waals surface area contributed by atoms with Crippen molar-refractivity contribution in [2.45, 2.75) is 13.3 Å². The quantitative estimate of drug-likeness (QED) is 0.931. The zero-order valence-corrected chi connectivity index (χ0v) is 11.2. The van der Waals surface area contributed by atoms with Crippen LogP contribution >= 0.6 is 11.6 Å². The number of methoxy groups -OCH3 is 1. The first kappa shape index (κ1) is 13.4. The van der Waals surface area contributed by atoms with Gasteiger partial charge in [-0.15, -0.1) is 0 Å². The Hall–Kier alpha value is -2.01. The number of carboxylic acid groups (broad SMARTS) is 1. The third kappa shape index (κ3) is 2.29. The van der Waals surface area contributed by atoms with Crippen LogP contribution in [0.3, 0.4) is 0 Å². The molecule has 19 heavy (non-hydrogen) atoms. The molecule has 6 heteroatoms. The molecule has 2 rings (SSSR count). The first-order valence-electron chi connectivity index (χ1n) is 5.64. The number of benzene rings is 1. The number of hydrogen-bond acceptors (Lipinski definition) is 4. The topological polar surface area (TPSA) is 72.6 Å². The van der Waals surface area contributed by atoms with Crippen LogP contribution < -0.4 is 4.74 Å². The SMILES string of the molecule is CCc1onc(-c2c(Cl)cccc2OC)c1C(=O)O. The van der Waals surface area contributed by atoms with Gasteiger partial charge in [0.25, 0.3) is 0 Å². The van der Waals surface area contributed by atoms with E-state index in [0.717, 1.165) is 0 Å². The van der Waals surface area contributed by atoms with Gasteiger partial charge in [0.05, 0.1) is 17.7 Å². The van der Waals surface area contributed by atoms with Gasteiger partial charge in [-0.3, -0.25) is 0 Å². The molecule has 2 aromatic rings. The highest BCUT2D eigenvalue weighted by Gasteiger charge is 2.26. The Labute approximate surface area is 114 Å². The van der Waals surface area contributed by atoms with Crippen molar-refractivity contribution >= 4 is 17.6 Å². The maximum absolute atomic E-state index is 11.4. The fourth-order valence-corrected chi connectivity index (χ4v) is 2.12. The maximum Gasteiger partial charge on any atom is 0.341 e. The van der Waals surface area contributed by atoms with E-state index in [9.17, 15) is 9.90 Å². The molecule has 0 radical (unpaired) electrons. The second-order valence-electron chi connectivity index (χ2n) is 3.81. The third-order valence-corrected chi connectivity index (χ3v) is 3.04. The summed E-state index contributed by atoms with van der Waals surface area (Å²) < 4.78 is 10.3. The van der Waals surface area contributed by atoms with Crippen LogP contribution in [0.1, 0.15) is 23.0 Å². The molecule has 1 aromatic carbocycles. The molecule has 1 aromatic heterocycles. The minimum Gasteiger partial charge on any atom is -0.496 e. The summed E-state index contributed by atoms with van der Waals surface area (Å²) >= 11 is 6.12. The lowest BCUT2D eigenvalue weighted by molar-refractivity contribution is 0.0695. The van der Waals surface area contributed by atoms with Crippen LogP contribution in [0.4, 0.5) is 0 Å². The van der Waals surface area contributed by atoms with Crippen LogP contribution in [0.5, 0.6) is 5.75 Å². The third-order valence-electron chi connectivity index (χ3n) is 2.73. The second-order valence-corrected chi connectivity index (χ2v) is 4.21. The molecular formula is C13H12ClNO4. The van der Waals surface area contributed by atoms with Crippen LogP contribution in [-0.2, 0) is 6.42 Å². The number of hydrogen-bond donors (Lipinski definition) is 1. The Morgan fingerprint density at radius 1 is 1.53 bits per heavy atom. The van der Waals surface area contributed by atoms with E-state index in [2.05, 4.69) is 5.16 Å². The molecule has 0 aliphatic heterocycles. The molecule has 0 fully saturated rings. The van der Waals surface area contributed by atoms with Gasteiger partial charge in [-0.25, -0.2) is 4.79 Å². The zero-order valence-electron chi connectivity index (χ0n) is 10.4. The predicted molar refractivity (Wildman–Crippen MR) is 69.8 cm³/mol. The zero-order chi connectivity index (χ0) is 14.0. The summed E-state index contributed by atoms with van der Waals surface area (Å²) in [4.78, 5) is 11.4. The van der Waals surface area contributed by atoms with E-state index in [1.54, 1.807) is 25.1 Å². The van der Waals surface area contributed by atoms with E-state index in [-0.39, 0.29) is 11.3 Å². The number of aryl methyl sites for hydroxylation is 1. The number of rotatable bonds is 4. The highest BCUT2D eigenvalue weighted by Crippen LogP contribution is 2.38. The van der Waals surface area contributed by atoms with Crippen LogP contribution in [0.25, 0.3) is 11.3 Å². The van der Waals surface area contributed by atoms with Crippen LogP contribution in [0.15, 0.2) is 22.7 Å². The van der Waals surface area contributed by atoms with Gasteiger partial charge >= 0.3 is 5.97 Å². The molecule has 5 nitrogen and oxygen atoms in total. The van der Waals surface area contributed by atoms with Crippen molar-refractivity contribution < 1.29 is 19.2 Å². The van der Waals surface area contributed by atoms with Gasteiger partial charge in [-0.05, 0) is 12.1 Å². The van der Waals surface area contributed by atoms with Gasteiger partial charge in [0.1, 0.15) is 17.0 Å². The molecule has 1 heterocycles. The van der Waals surface area contributed by atoms with Crippen molar-refractivity contribution in [3.05, 3.63) is 34.5 Å². The molecular weight excluding hydrogens is 270 g/mol. The standard InChI is InChI=1S/C13H12ClNO4/c1-3-8-11(13(16)17)12(15-19-8)10-7(14)5-4-6-9(10)18-2/h4-6H,3H2,1-2H3,(H,16,17). The molecule has 0 saturated carbocycles. The van der Waals surface area contributed by atoms with Crippen LogP contribution in [0.2, 0.25) is 5.02 Å². The Morgan fingerprint density at radius 3 is 2.84 bits per heavy atom. The highest BCUT2D eigenvalue weighted by atomic mass is 35.5. The van der Waals surface area contributed by atoms with Gasteiger partial charge in [0.15, 0.2) is 5.76 Å². The van der Waals surface area contributed by atoms with E-state index in [4.69, 9.17) is 20.9 Å². The largest absolute Gasteiger partial charge is 0.496 e. The molecule has 0 spiro atoms. The maximum atomic E-state index is 11.4. The molecule has 0 aliphatic rings. The predicted octanol–water partition coefficient (Wildman–Crippen LogP) is 3.26. The van der Waals surface area contributed by atoms with Crippen molar-refractivity contribution in [1.82, 2.24) is 5.16 Å². The first-order chi connectivity index (χ1) is 9.10. The summed E-state index contributed by atoms with van der Waals surface area (Å²) in [5, 5.41) is 13.5. The lowest BCUT2D eigenvalue weighted by Crippen LogP contribution is -2.02. The average Bonchev–Trinajstić information content (AvgIpc) is 2.81. The second kappa shape index (κ2) is 5.32. The number of halogens is 1. The summed E-state index contributed by atoms with van der Waals surface area (Å²) in [6.45, 7) is 1.79. The summed E-state index contributed by atoms with van der Waals surface area (Å²) in [7, 11) is 1.48. The highest BCUT2D eigenvalue weighted by molar-refractivity contribution is 6.33. The van der Waals surface area contributed by atoms with Crippen LogP contribution in [0, 0.1) is 0 Å². The fourth-order valence-electron chi connectivity index (χ4n) is 1.86. The summed E-state index contributed by atoms with van der Waals surface area (Å²) in [6, 6.07) is 5.05. The minimum atomic E-state index is -1.10. The van der Waals surface area contributed by atoms with Crippen molar-refractivity contribution in [2.75, 3.05) is 7.11 Å². The minimum absolute atomic E-state index is 0.0221. The Kier molecular flexibility index (Phi) is 3.76. The lowest BCUT2D eigenvalue weighted by Gasteiger charge is -2.08. The van der Waals surface area contributed by atoms with E-state index >= 15 is 0 Å². The summed E-state index contributed by atoms with van der Waals surface area (Å²) in [6.07, 6.45) is 0.432. The van der Waals surface area contributed by atoms with Gasteiger partial charge in [-0.1, -0.05) is 29.7 Å². The molecule has 0 aliphatic carbocycles. The van der Waals surface area contributed by atoms with Crippen molar-refractivity contribution in [3.63, 3.8) is 0 Å². The van der Waals surface area contributed by atoms with Crippen molar-refractivity contribution in [3.8, 4) is 17.0 Å². The fraction of sp³-hybridized carbons (Fsp3) is 0.231. The number of aromatic carboxylic acids is 1. The van der Waals surface area contributed by atoms with Gasteiger partial charge < -0.3 is 14.4 Å². The summed E-state index contributed by atoms with van der Waals surface area (Å²) in [5.41, 5.74) is 0.633. The number of carboxylic acids is 1. The molecule has 1 N–H and O–H groups in total. The van der Waals surface area contributed by atoms with Gasteiger partial charge in [-0.2, -0.15) is 0 Å². The van der Waals surface area contributed by atoms with Crippen LogP contribution in [-0.4, -0.2) is 23.3 Å². The monoisotopic (exact) mass is 281 g/mol. The molecule has 0 atom stereocenters. The van der Waals surface area contributed by atoms with Gasteiger partial charge in [0.2, 0.25) is 0 Å². The molecule has 0 unspecified atom stereocenters. The number of carbonyl (C=O) groups is 1. The smallest absolute Gasteiger partial charge is 0.341 e. The van der Waals surface area contributed by atoms with Crippen molar-refractivity contribution in [2.24, 2.45) is 0 Å². The Bertz CT molecular complexity index is 621. The first-order valence-corrected chi connectivity index (χ1v) is 6.02. The van der Waals surface area contributed by atoms with Crippen molar-refractivity contribution in [1.29, 1.82) is 0 Å². The van der Waals surface area contributed by atoms with E-state index < -0.39 is 5.97 Å². The number of nitrogens with zero attached hydrogens (tertiary/aromatic N) is 1. The summed E-state index contributed by atoms with van der Waals surface area (Å²) in [5.74, 6) is -0.342. The molecule has 0 saturated heterocycles. The number of ether oxygens (including phenoxy) is 1. The molecule has 0 amide bonds. The average molecular weight is 282 g/mol.